The van der Waals surface area contributed by atoms with E-state index in [1.807, 2.05) is 0 Å². The Morgan fingerprint density at radius 3 is 2.29 bits per heavy atom. The minimum atomic E-state index is -0.590. The van der Waals surface area contributed by atoms with Gasteiger partial charge in [0, 0.05) is 36.0 Å². The van der Waals surface area contributed by atoms with Crippen LogP contribution in [0.4, 0.5) is 0 Å². The van der Waals surface area contributed by atoms with E-state index in [0.29, 0.717) is 5.56 Å². The van der Waals surface area contributed by atoms with Crippen LogP contribution >= 0.6 is 0 Å². The Hall–Kier alpha value is -0.640. The minimum absolute atomic E-state index is 0. The summed E-state index contributed by atoms with van der Waals surface area (Å²) in [5.74, 6) is -1.10. The van der Waals surface area contributed by atoms with Gasteiger partial charge in [0.15, 0.2) is 0 Å². The predicted molar refractivity (Wildman–Crippen MR) is 52.9 cm³/mol. The van der Waals surface area contributed by atoms with Crippen molar-refractivity contribution in [3.63, 3.8) is 0 Å². The molecule has 0 aliphatic carbocycles. The van der Waals surface area contributed by atoms with Gasteiger partial charge in [-0.25, -0.2) is 4.79 Å². The molecule has 0 bridgehead atoms. The molecule has 0 spiro atoms. The van der Waals surface area contributed by atoms with Gasteiger partial charge in [-0.05, 0) is 12.1 Å². The summed E-state index contributed by atoms with van der Waals surface area (Å²) in [6.45, 7) is 1.64. The van der Waals surface area contributed by atoms with Crippen LogP contribution in [0.15, 0.2) is 30.3 Å². The van der Waals surface area contributed by atoms with Crippen molar-refractivity contribution in [3.05, 3.63) is 35.9 Å². The minimum Gasteiger partial charge on any atom is -0.389 e. The molecule has 0 heterocycles. The van der Waals surface area contributed by atoms with E-state index in [1.54, 1.807) is 37.3 Å². The second-order valence-electron chi connectivity index (χ2n) is 2.48. The van der Waals surface area contributed by atoms with E-state index in [2.05, 4.69) is 4.74 Å². The summed E-state index contributed by atoms with van der Waals surface area (Å²) in [6, 6.07) is 8.43. The molecule has 14 heavy (non-hydrogen) atoms. The van der Waals surface area contributed by atoms with Crippen LogP contribution in [-0.2, 0) is 9.53 Å². The first-order valence-electron chi connectivity index (χ1n) is 4.04. The van der Waals surface area contributed by atoms with E-state index >= 15 is 0 Å². The van der Waals surface area contributed by atoms with Gasteiger partial charge in [0.1, 0.15) is 0 Å². The van der Waals surface area contributed by atoms with E-state index in [4.69, 9.17) is 0 Å². The van der Waals surface area contributed by atoms with Crippen LogP contribution in [0.5, 0.6) is 0 Å². The molecule has 1 rings (SSSR count). The molecule has 0 amide bonds. The Kier molecular flexibility index (Phi) is 6.45. The maximum atomic E-state index is 11.2. The largest absolute Gasteiger partial charge is 0.389 e. The van der Waals surface area contributed by atoms with Gasteiger partial charge in [0.05, 0.1) is 5.56 Å². The van der Waals surface area contributed by atoms with Gasteiger partial charge in [-0.15, -0.1) is 0 Å². The number of carbonyl (C=O) groups excluding carboxylic acids is 2. The smallest absolute Gasteiger partial charge is 0.345 e. The van der Waals surface area contributed by atoms with Crippen LogP contribution < -0.4 is 0 Å². The zero-order valence-electron chi connectivity index (χ0n) is 8.32. The summed E-state index contributed by atoms with van der Waals surface area (Å²) in [7, 11) is 0. The molecule has 0 aromatic heterocycles. The summed E-state index contributed by atoms with van der Waals surface area (Å²) >= 11 is 0. The third-order valence-electron chi connectivity index (χ3n) is 1.50. The van der Waals surface area contributed by atoms with Crippen LogP contribution in [0.3, 0.4) is 0 Å². The first kappa shape index (κ1) is 13.4. The van der Waals surface area contributed by atoms with Gasteiger partial charge < -0.3 is 4.74 Å². The van der Waals surface area contributed by atoms with E-state index in [9.17, 15) is 9.59 Å². The second kappa shape index (κ2) is 6.76. The van der Waals surface area contributed by atoms with Gasteiger partial charge >= 0.3 is 11.9 Å². The van der Waals surface area contributed by atoms with E-state index in [1.165, 1.54) is 0 Å². The summed E-state index contributed by atoms with van der Waals surface area (Å²) < 4.78 is 4.51. The van der Waals surface area contributed by atoms with Crippen molar-refractivity contribution in [3.8, 4) is 0 Å². The molecular formula is C10H10NaO3. The molecule has 0 saturated carbocycles. The predicted octanol–water partition coefficient (Wildman–Crippen LogP) is 1.40. The number of esters is 2. The number of hydrogen-bond donors (Lipinski definition) is 0. The van der Waals surface area contributed by atoms with E-state index in [-0.39, 0.29) is 36.0 Å². The molecule has 0 saturated heterocycles. The first-order chi connectivity index (χ1) is 6.24. The van der Waals surface area contributed by atoms with Crippen LogP contribution in [0.25, 0.3) is 0 Å². The third kappa shape index (κ3) is 4.05. The average Bonchev–Trinajstić information content (AvgIpc) is 2.19. The molecular weight excluding hydrogens is 191 g/mol. The zero-order chi connectivity index (χ0) is 9.68. The molecule has 1 radical (unpaired) electrons. The van der Waals surface area contributed by atoms with Crippen molar-refractivity contribution >= 4 is 41.5 Å². The molecule has 0 unspecified atom stereocenters. The van der Waals surface area contributed by atoms with Gasteiger partial charge in [0.25, 0.3) is 0 Å². The SMILES string of the molecule is CCC(=O)OC(=O)c1ccccc1.[Na]. The topological polar surface area (TPSA) is 43.4 Å². The molecule has 69 valence electrons. The van der Waals surface area contributed by atoms with Crippen LogP contribution in [0.1, 0.15) is 23.7 Å². The fourth-order valence-electron chi connectivity index (χ4n) is 0.809. The molecule has 0 N–H and O–H groups in total. The number of carbonyl (C=O) groups is 2. The monoisotopic (exact) mass is 201 g/mol. The Labute approximate surface area is 105 Å². The van der Waals surface area contributed by atoms with Crippen LogP contribution in [-0.4, -0.2) is 41.5 Å². The maximum Gasteiger partial charge on any atom is 0.345 e. The first-order valence-corrected chi connectivity index (χ1v) is 4.04. The fourth-order valence-corrected chi connectivity index (χ4v) is 0.809. The second-order valence-corrected chi connectivity index (χ2v) is 2.48. The standard InChI is InChI=1S/C10H10O3.Na/c1-2-9(11)13-10(12)8-6-4-3-5-7-8;/h3-7H,2H2,1H3;. The van der Waals surface area contributed by atoms with Gasteiger partial charge in [-0.2, -0.15) is 0 Å². The quantitative estimate of drug-likeness (QED) is 0.412. The van der Waals surface area contributed by atoms with Crippen molar-refractivity contribution in [1.29, 1.82) is 0 Å². The molecule has 0 aliphatic rings. The van der Waals surface area contributed by atoms with Crippen molar-refractivity contribution in [1.82, 2.24) is 0 Å². The van der Waals surface area contributed by atoms with Gasteiger partial charge in [-0.3, -0.25) is 4.79 Å². The van der Waals surface area contributed by atoms with Crippen molar-refractivity contribution in [2.75, 3.05) is 0 Å². The van der Waals surface area contributed by atoms with Crippen LogP contribution in [0.2, 0.25) is 0 Å². The van der Waals surface area contributed by atoms with E-state index < -0.39 is 11.9 Å². The van der Waals surface area contributed by atoms with Crippen molar-refractivity contribution in [2.45, 2.75) is 13.3 Å². The molecule has 0 atom stereocenters. The number of rotatable bonds is 2. The Bertz CT molecular complexity index is 308. The summed E-state index contributed by atoms with van der Waals surface area (Å²) in [5.41, 5.74) is 0.393. The van der Waals surface area contributed by atoms with Crippen LogP contribution in [0, 0.1) is 0 Å². The summed E-state index contributed by atoms with van der Waals surface area (Å²) in [6.07, 6.45) is 0.207. The van der Waals surface area contributed by atoms with Crippen molar-refractivity contribution < 1.29 is 14.3 Å². The number of ether oxygens (including phenoxy) is 1. The molecule has 0 aliphatic heterocycles. The van der Waals surface area contributed by atoms with Gasteiger partial charge in [0.2, 0.25) is 0 Å². The fraction of sp³-hybridized carbons (Fsp3) is 0.200. The normalized spacial score (nSPS) is 8.64. The molecule has 3 nitrogen and oxygen atoms in total. The molecule has 1 aromatic rings. The summed E-state index contributed by atoms with van der Waals surface area (Å²) in [4.78, 5) is 21.9. The summed E-state index contributed by atoms with van der Waals surface area (Å²) in [5, 5.41) is 0. The maximum absolute atomic E-state index is 11.2. The molecule has 0 fully saturated rings. The number of hydrogen-bond acceptors (Lipinski definition) is 3. The van der Waals surface area contributed by atoms with Crippen molar-refractivity contribution in [2.24, 2.45) is 0 Å². The Morgan fingerprint density at radius 1 is 1.21 bits per heavy atom. The molecule has 4 heteroatoms. The van der Waals surface area contributed by atoms with E-state index in [0.717, 1.165) is 0 Å². The Balaban J connectivity index is 0.00000169. The molecule has 1 aromatic carbocycles. The third-order valence-corrected chi connectivity index (χ3v) is 1.50. The van der Waals surface area contributed by atoms with Gasteiger partial charge in [-0.1, -0.05) is 25.1 Å². The average molecular weight is 201 g/mol. The Morgan fingerprint density at radius 2 is 1.79 bits per heavy atom. The zero-order valence-corrected chi connectivity index (χ0v) is 10.3. The number of benzene rings is 1.